The molecule has 31 heavy (non-hydrogen) atoms. The third-order valence-corrected chi connectivity index (χ3v) is 6.69. The number of hydrogen-bond donors (Lipinski definition) is 1. The van der Waals surface area contributed by atoms with Crippen LogP contribution in [0, 0.1) is 11.2 Å². The van der Waals surface area contributed by atoms with E-state index in [1.165, 1.54) is 25.0 Å². The molecule has 2 aromatic rings. The number of halogens is 1. The third kappa shape index (κ3) is 5.52. The lowest BCUT2D eigenvalue weighted by Crippen LogP contribution is -2.51. The number of carbonyl (C=O) groups is 1. The summed E-state index contributed by atoms with van der Waals surface area (Å²) in [6.07, 6.45) is 4.67. The molecule has 2 aliphatic rings. The van der Waals surface area contributed by atoms with Gasteiger partial charge in [-0.1, -0.05) is 36.4 Å². The van der Waals surface area contributed by atoms with Crippen molar-refractivity contribution in [3.8, 4) is 11.1 Å². The number of rotatable bonds is 7. The van der Waals surface area contributed by atoms with Gasteiger partial charge in [0.15, 0.2) is 0 Å². The maximum Gasteiger partial charge on any atom is 0.226 e. The molecule has 2 aromatic carbocycles. The fraction of sp³-hybridized carbons (Fsp3) is 0.500. The molecule has 4 nitrogen and oxygen atoms in total. The SMILES string of the molecule is CC(CN1CCCC1)NC(=O)C1(Cc2cccc(-c3ccc(F)cc3)c2)CCOCC1. The summed E-state index contributed by atoms with van der Waals surface area (Å²) in [5.74, 6) is -0.0875. The molecule has 0 spiro atoms. The van der Waals surface area contributed by atoms with Crippen LogP contribution in [-0.2, 0) is 16.0 Å². The zero-order valence-corrected chi connectivity index (χ0v) is 18.4. The van der Waals surface area contributed by atoms with Crippen LogP contribution in [0.5, 0.6) is 0 Å². The molecule has 0 aromatic heterocycles. The number of hydrogen-bond acceptors (Lipinski definition) is 3. The Morgan fingerprint density at radius 1 is 1.10 bits per heavy atom. The fourth-order valence-electron chi connectivity index (χ4n) is 4.92. The molecule has 1 unspecified atom stereocenters. The quantitative estimate of drug-likeness (QED) is 0.715. The minimum absolute atomic E-state index is 0.135. The Labute approximate surface area is 184 Å². The molecular weight excluding hydrogens is 391 g/mol. The molecule has 2 fully saturated rings. The lowest BCUT2D eigenvalue weighted by atomic mass is 9.74. The van der Waals surface area contributed by atoms with E-state index in [-0.39, 0.29) is 17.8 Å². The van der Waals surface area contributed by atoms with Crippen molar-refractivity contribution in [3.05, 3.63) is 59.9 Å². The Kier molecular flexibility index (Phi) is 7.03. The van der Waals surface area contributed by atoms with Crippen molar-refractivity contribution < 1.29 is 13.9 Å². The van der Waals surface area contributed by atoms with Crippen LogP contribution < -0.4 is 5.32 Å². The van der Waals surface area contributed by atoms with E-state index in [1.807, 2.05) is 12.1 Å². The largest absolute Gasteiger partial charge is 0.381 e. The van der Waals surface area contributed by atoms with Gasteiger partial charge in [0, 0.05) is 25.8 Å². The molecule has 2 saturated heterocycles. The summed E-state index contributed by atoms with van der Waals surface area (Å²) in [7, 11) is 0. The molecule has 0 radical (unpaired) electrons. The van der Waals surface area contributed by atoms with Crippen LogP contribution in [0.1, 0.15) is 38.2 Å². The molecule has 5 heteroatoms. The van der Waals surface area contributed by atoms with Crippen molar-refractivity contribution in [3.63, 3.8) is 0 Å². The lowest BCUT2D eigenvalue weighted by molar-refractivity contribution is -0.137. The van der Waals surface area contributed by atoms with Gasteiger partial charge in [-0.2, -0.15) is 0 Å². The van der Waals surface area contributed by atoms with E-state index < -0.39 is 5.41 Å². The van der Waals surface area contributed by atoms with Crippen LogP contribution in [0.25, 0.3) is 11.1 Å². The topological polar surface area (TPSA) is 41.6 Å². The first-order valence-electron chi connectivity index (χ1n) is 11.5. The molecule has 0 bridgehead atoms. The van der Waals surface area contributed by atoms with Crippen molar-refractivity contribution in [1.29, 1.82) is 0 Å². The van der Waals surface area contributed by atoms with Crippen molar-refractivity contribution in [2.45, 2.75) is 45.1 Å². The Hall–Kier alpha value is -2.24. The van der Waals surface area contributed by atoms with Gasteiger partial charge in [0.1, 0.15) is 5.82 Å². The van der Waals surface area contributed by atoms with Crippen LogP contribution >= 0.6 is 0 Å². The van der Waals surface area contributed by atoms with Crippen molar-refractivity contribution in [2.24, 2.45) is 5.41 Å². The Morgan fingerprint density at radius 2 is 1.81 bits per heavy atom. The van der Waals surface area contributed by atoms with Crippen molar-refractivity contribution in [1.82, 2.24) is 10.2 Å². The van der Waals surface area contributed by atoms with E-state index in [0.717, 1.165) is 49.2 Å². The van der Waals surface area contributed by atoms with Crippen LogP contribution in [0.3, 0.4) is 0 Å². The number of nitrogens with zero attached hydrogens (tertiary/aromatic N) is 1. The predicted molar refractivity (Wildman–Crippen MR) is 121 cm³/mol. The molecule has 2 aliphatic heterocycles. The monoisotopic (exact) mass is 424 g/mol. The Morgan fingerprint density at radius 3 is 2.52 bits per heavy atom. The zero-order chi connectivity index (χ0) is 21.7. The first-order valence-corrected chi connectivity index (χ1v) is 11.5. The average molecular weight is 425 g/mol. The molecule has 1 atom stereocenters. The van der Waals surface area contributed by atoms with Crippen LogP contribution in [0.2, 0.25) is 0 Å². The Bertz CT molecular complexity index is 871. The van der Waals surface area contributed by atoms with E-state index in [1.54, 1.807) is 12.1 Å². The van der Waals surface area contributed by atoms with Gasteiger partial charge in [0.05, 0.1) is 5.41 Å². The average Bonchev–Trinajstić information content (AvgIpc) is 3.28. The first kappa shape index (κ1) is 22.0. The van der Waals surface area contributed by atoms with E-state index in [9.17, 15) is 9.18 Å². The minimum Gasteiger partial charge on any atom is -0.381 e. The second-order valence-electron chi connectivity index (χ2n) is 9.16. The van der Waals surface area contributed by atoms with E-state index in [2.05, 4.69) is 29.3 Å². The van der Waals surface area contributed by atoms with Gasteiger partial charge in [-0.25, -0.2) is 4.39 Å². The highest BCUT2D eigenvalue weighted by Crippen LogP contribution is 2.36. The molecule has 2 heterocycles. The van der Waals surface area contributed by atoms with Gasteiger partial charge in [0.25, 0.3) is 0 Å². The summed E-state index contributed by atoms with van der Waals surface area (Å²) in [6, 6.07) is 15.0. The standard InChI is InChI=1S/C26H33FN2O2/c1-20(19-29-13-2-3-14-29)28-25(30)26(11-15-31-16-12-26)18-21-5-4-6-23(17-21)22-7-9-24(27)10-8-22/h4-10,17,20H,2-3,11-16,18-19H2,1H3,(H,28,30). The fourth-order valence-corrected chi connectivity index (χ4v) is 4.92. The van der Waals surface area contributed by atoms with E-state index in [4.69, 9.17) is 4.74 Å². The van der Waals surface area contributed by atoms with Crippen LogP contribution in [0.4, 0.5) is 4.39 Å². The molecular formula is C26H33FN2O2. The van der Waals surface area contributed by atoms with Gasteiger partial charge >= 0.3 is 0 Å². The van der Waals surface area contributed by atoms with Gasteiger partial charge < -0.3 is 15.0 Å². The highest BCUT2D eigenvalue weighted by atomic mass is 19.1. The predicted octanol–water partition coefficient (Wildman–Crippen LogP) is 4.43. The summed E-state index contributed by atoms with van der Waals surface area (Å²) in [6.45, 7) is 6.53. The highest BCUT2D eigenvalue weighted by Gasteiger charge is 2.40. The summed E-state index contributed by atoms with van der Waals surface area (Å²) in [5.41, 5.74) is 2.71. The summed E-state index contributed by atoms with van der Waals surface area (Å²) in [4.78, 5) is 15.9. The van der Waals surface area contributed by atoms with Gasteiger partial charge in [-0.15, -0.1) is 0 Å². The molecule has 0 saturated carbocycles. The normalized spacial score (nSPS) is 19.8. The van der Waals surface area contributed by atoms with Gasteiger partial charge in [0.2, 0.25) is 5.91 Å². The second kappa shape index (κ2) is 9.92. The number of ether oxygens (including phenoxy) is 1. The number of amides is 1. The van der Waals surface area contributed by atoms with Gasteiger partial charge in [-0.3, -0.25) is 4.79 Å². The number of benzene rings is 2. The maximum absolute atomic E-state index is 13.5. The number of likely N-dealkylation sites (tertiary alicyclic amines) is 1. The second-order valence-corrected chi connectivity index (χ2v) is 9.16. The molecule has 1 N–H and O–H groups in total. The molecule has 4 rings (SSSR count). The Balaban J connectivity index is 1.49. The van der Waals surface area contributed by atoms with Crippen molar-refractivity contribution >= 4 is 5.91 Å². The first-order chi connectivity index (χ1) is 15.0. The highest BCUT2D eigenvalue weighted by molar-refractivity contribution is 5.83. The zero-order valence-electron chi connectivity index (χ0n) is 18.4. The van der Waals surface area contributed by atoms with Crippen LogP contribution in [0.15, 0.2) is 48.5 Å². The lowest BCUT2D eigenvalue weighted by Gasteiger charge is -2.37. The molecule has 1 amide bonds. The molecule has 0 aliphatic carbocycles. The summed E-state index contributed by atoms with van der Waals surface area (Å²) < 4.78 is 18.9. The molecule has 166 valence electrons. The smallest absolute Gasteiger partial charge is 0.226 e. The summed E-state index contributed by atoms with van der Waals surface area (Å²) in [5, 5.41) is 3.31. The maximum atomic E-state index is 13.5. The third-order valence-electron chi connectivity index (χ3n) is 6.69. The van der Waals surface area contributed by atoms with Gasteiger partial charge in [-0.05, 0) is 80.9 Å². The number of nitrogens with one attached hydrogen (secondary N) is 1. The number of carbonyl (C=O) groups excluding carboxylic acids is 1. The van der Waals surface area contributed by atoms with Crippen molar-refractivity contribution in [2.75, 3.05) is 32.8 Å². The minimum atomic E-state index is -0.445. The van der Waals surface area contributed by atoms with E-state index in [0.29, 0.717) is 19.6 Å². The summed E-state index contributed by atoms with van der Waals surface area (Å²) >= 11 is 0. The van der Waals surface area contributed by atoms with E-state index >= 15 is 0 Å². The van der Waals surface area contributed by atoms with Crippen LogP contribution in [-0.4, -0.2) is 49.7 Å².